The van der Waals surface area contributed by atoms with Gasteiger partial charge in [0.2, 0.25) is 0 Å². The Balaban J connectivity index is 2.16. The molecule has 0 amide bonds. The van der Waals surface area contributed by atoms with Crippen LogP contribution in [0.5, 0.6) is 11.5 Å². The Labute approximate surface area is 118 Å². The van der Waals surface area contributed by atoms with E-state index in [2.05, 4.69) is 0 Å². The van der Waals surface area contributed by atoms with Crippen LogP contribution in [0, 0.1) is 0 Å². The molecule has 0 radical (unpaired) electrons. The molecule has 0 aliphatic rings. The summed E-state index contributed by atoms with van der Waals surface area (Å²) in [6.45, 7) is 1.43. The van der Waals surface area contributed by atoms with E-state index in [9.17, 15) is 5.11 Å². The fraction of sp³-hybridized carbons (Fsp3) is 0.188. The Morgan fingerprint density at radius 3 is 2.60 bits per heavy atom. The maximum atomic E-state index is 9.99. The van der Waals surface area contributed by atoms with Crippen molar-refractivity contribution in [3.05, 3.63) is 53.9 Å². The van der Waals surface area contributed by atoms with Crippen molar-refractivity contribution in [3.8, 4) is 11.5 Å². The number of aromatic hydroxyl groups is 1. The lowest BCUT2D eigenvalue weighted by atomic mass is 10.1. The first-order chi connectivity index (χ1) is 9.74. The number of hydrogen-bond acceptors (Lipinski definition) is 3. The van der Waals surface area contributed by atoms with Gasteiger partial charge in [-0.1, -0.05) is 24.3 Å². The number of benzene rings is 1. The topological polar surface area (TPSA) is 59.4 Å². The Morgan fingerprint density at radius 1 is 1.20 bits per heavy atom. The van der Waals surface area contributed by atoms with Gasteiger partial charge in [0.1, 0.15) is 0 Å². The molecule has 0 saturated carbocycles. The van der Waals surface area contributed by atoms with Crippen molar-refractivity contribution in [3.63, 3.8) is 0 Å². The van der Waals surface area contributed by atoms with Gasteiger partial charge in [-0.2, -0.15) is 0 Å². The van der Waals surface area contributed by atoms with Crippen LogP contribution in [0.4, 0.5) is 0 Å². The largest absolute Gasteiger partial charge is 0.504 e. The zero-order valence-corrected chi connectivity index (χ0v) is 11.5. The second kappa shape index (κ2) is 6.73. The predicted molar refractivity (Wildman–Crippen MR) is 79.3 cm³/mol. The number of phenols is 1. The van der Waals surface area contributed by atoms with E-state index >= 15 is 0 Å². The molecule has 104 valence electrons. The molecule has 0 saturated heterocycles. The van der Waals surface area contributed by atoms with E-state index in [4.69, 9.17) is 10.5 Å². The van der Waals surface area contributed by atoms with Gasteiger partial charge in [-0.3, -0.25) is 0 Å². The summed E-state index contributed by atoms with van der Waals surface area (Å²) in [6.07, 6.45) is 7.78. The van der Waals surface area contributed by atoms with Crippen molar-refractivity contribution >= 4 is 12.2 Å². The lowest BCUT2D eigenvalue weighted by Gasteiger charge is -2.05. The van der Waals surface area contributed by atoms with Gasteiger partial charge in [0.05, 0.1) is 13.7 Å². The van der Waals surface area contributed by atoms with E-state index in [0.29, 0.717) is 12.3 Å². The van der Waals surface area contributed by atoms with Crippen LogP contribution < -0.4 is 15.0 Å². The van der Waals surface area contributed by atoms with E-state index in [1.165, 1.54) is 7.11 Å². The van der Waals surface area contributed by atoms with Crippen LogP contribution in [0.1, 0.15) is 11.1 Å². The fourth-order valence-electron chi connectivity index (χ4n) is 1.90. The third kappa shape index (κ3) is 3.36. The number of nitrogens with zero attached hydrogens (tertiary/aromatic N) is 1. The predicted octanol–water partition coefficient (Wildman–Crippen LogP) is 1.82. The normalized spacial score (nSPS) is 10.9. The minimum absolute atomic E-state index is 0.153. The maximum Gasteiger partial charge on any atom is 0.169 e. The lowest BCUT2D eigenvalue weighted by Crippen LogP contribution is -2.36. The molecule has 0 fully saturated rings. The average Bonchev–Trinajstić information content (AvgIpc) is 2.48. The van der Waals surface area contributed by atoms with Gasteiger partial charge >= 0.3 is 0 Å². The van der Waals surface area contributed by atoms with Gasteiger partial charge < -0.3 is 15.6 Å². The standard InChI is InChI=1S/C16H18N2O2/c1-20-15-4-2-3-14(16(15)19)6-5-13-7-10-18(11-8-13)12-9-17/h2-8,10-11H,9,12,17H2,1H3/p+1. The Hall–Kier alpha value is -2.33. The van der Waals surface area contributed by atoms with Crippen molar-refractivity contribution < 1.29 is 14.4 Å². The maximum absolute atomic E-state index is 9.99. The molecule has 0 aliphatic carbocycles. The molecule has 0 spiro atoms. The first kappa shape index (κ1) is 14.1. The zero-order valence-electron chi connectivity index (χ0n) is 11.5. The van der Waals surface area contributed by atoms with Gasteiger partial charge in [0.15, 0.2) is 30.4 Å². The van der Waals surface area contributed by atoms with Gasteiger partial charge in [-0.25, -0.2) is 4.57 Å². The van der Waals surface area contributed by atoms with Gasteiger partial charge in [-0.05, 0) is 11.6 Å². The summed E-state index contributed by atoms with van der Waals surface area (Å²) in [7, 11) is 1.54. The summed E-state index contributed by atoms with van der Waals surface area (Å²) >= 11 is 0. The SMILES string of the molecule is COc1cccc(/C=C/c2cc[n+](CCN)cc2)c1O. The Kier molecular flexibility index (Phi) is 4.74. The van der Waals surface area contributed by atoms with Crippen LogP contribution in [0.2, 0.25) is 0 Å². The van der Waals surface area contributed by atoms with Crippen LogP contribution in [0.25, 0.3) is 12.2 Å². The molecule has 0 aliphatic heterocycles. The van der Waals surface area contributed by atoms with Crippen molar-refractivity contribution in [2.75, 3.05) is 13.7 Å². The van der Waals surface area contributed by atoms with Crippen LogP contribution in [-0.2, 0) is 6.54 Å². The molecule has 20 heavy (non-hydrogen) atoms. The van der Waals surface area contributed by atoms with Crippen molar-refractivity contribution in [1.29, 1.82) is 0 Å². The second-order valence-corrected chi connectivity index (χ2v) is 4.39. The molecule has 2 aromatic rings. The monoisotopic (exact) mass is 271 g/mol. The average molecular weight is 271 g/mol. The highest BCUT2D eigenvalue weighted by Crippen LogP contribution is 2.30. The molecule has 0 unspecified atom stereocenters. The summed E-state index contributed by atoms with van der Waals surface area (Å²) in [4.78, 5) is 0. The number of para-hydroxylation sites is 1. The molecule has 1 aromatic carbocycles. The number of rotatable bonds is 5. The van der Waals surface area contributed by atoms with Crippen molar-refractivity contribution in [2.24, 2.45) is 5.73 Å². The fourth-order valence-corrected chi connectivity index (χ4v) is 1.90. The molecule has 1 aromatic heterocycles. The summed E-state index contributed by atoms with van der Waals surface area (Å²) in [5.41, 5.74) is 7.28. The molecule has 2 rings (SSSR count). The number of pyridine rings is 1. The molecular weight excluding hydrogens is 252 g/mol. The highest BCUT2D eigenvalue weighted by atomic mass is 16.5. The van der Waals surface area contributed by atoms with Crippen LogP contribution in [-0.4, -0.2) is 18.8 Å². The van der Waals surface area contributed by atoms with Gasteiger partial charge in [0, 0.05) is 17.7 Å². The molecule has 4 heteroatoms. The quantitative estimate of drug-likeness (QED) is 0.815. The van der Waals surface area contributed by atoms with Crippen molar-refractivity contribution in [1.82, 2.24) is 0 Å². The molecular formula is C16H19N2O2+. The summed E-state index contributed by atoms with van der Waals surface area (Å²) in [5.74, 6) is 0.626. The lowest BCUT2D eigenvalue weighted by molar-refractivity contribution is -0.694. The first-order valence-electron chi connectivity index (χ1n) is 6.48. The van der Waals surface area contributed by atoms with Crippen LogP contribution >= 0.6 is 0 Å². The number of nitrogens with two attached hydrogens (primary N) is 1. The second-order valence-electron chi connectivity index (χ2n) is 4.39. The van der Waals surface area contributed by atoms with Gasteiger partial charge in [0.25, 0.3) is 0 Å². The number of ether oxygens (including phenoxy) is 1. The van der Waals surface area contributed by atoms with Gasteiger partial charge in [-0.15, -0.1) is 0 Å². The highest BCUT2D eigenvalue weighted by Gasteiger charge is 2.04. The van der Waals surface area contributed by atoms with Crippen molar-refractivity contribution in [2.45, 2.75) is 6.54 Å². The Morgan fingerprint density at radius 2 is 1.95 bits per heavy atom. The molecule has 4 nitrogen and oxygen atoms in total. The minimum atomic E-state index is 0.153. The minimum Gasteiger partial charge on any atom is -0.504 e. The number of phenolic OH excluding ortho intramolecular Hbond substituents is 1. The number of methoxy groups -OCH3 is 1. The molecule has 3 N–H and O–H groups in total. The Bertz CT molecular complexity index is 592. The molecule has 0 bridgehead atoms. The summed E-state index contributed by atoms with van der Waals surface area (Å²) in [5, 5.41) is 9.99. The summed E-state index contributed by atoms with van der Waals surface area (Å²) < 4.78 is 7.11. The third-order valence-corrected chi connectivity index (χ3v) is 3.01. The smallest absolute Gasteiger partial charge is 0.169 e. The summed E-state index contributed by atoms with van der Waals surface area (Å²) in [6, 6.07) is 9.42. The number of aromatic nitrogens is 1. The van der Waals surface area contributed by atoms with E-state index in [0.717, 1.165) is 17.7 Å². The number of hydrogen-bond donors (Lipinski definition) is 2. The van der Waals surface area contributed by atoms with E-state index in [1.807, 2.05) is 53.4 Å². The van der Waals surface area contributed by atoms with E-state index in [-0.39, 0.29) is 5.75 Å². The van der Waals surface area contributed by atoms with Crippen LogP contribution in [0.3, 0.4) is 0 Å². The highest BCUT2D eigenvalue weighted by molar-refractivity contribution is 5.73. The van der Waals surface area contributed by atoms with E-state index < -0.39 is 0 Å². The molecule has 0 atom stereocenters. The first-order valence-corrected chi connectivity index (χ1v) is 6.48. The molecule has 1 heterocycles. The third-order valence-electron chi connectivity index (χ3n) is 3.01. The van der Waals surface area contributed by atoms with E-state index in [1.54, 1.807) is 6.07 Å². The van der Waals surface area contributed by atoms with Crippen LogP contribution in [0.15, 0.2) is 42.7 Å². The zero-order chi connectivity index (χ0) is 14.4.